The molecule has 0 aliphatic heterocycles. The molecule has 8 nitrogen and oxygen atoms in total. The third-order valence-corrected chi connectivity index (χ3v) is 3.96. The Morgan fingerprint density at radius 3 is 2.32 bits per heavy atom. The van der Waals surface area contributed by atoms with Gasteiger partial charge in [-0.25, -0.2) is 4.98 Å². The molecule has 2 aromatic heterocycles. The number of carbonyl (C=O) groups excluding carboxylic acids is 3. The summed E-state index contributed by atoms with van der Waals surface area (Å²) in [5, 5.41) is 22.6. The molecule has 0 saturated heterocycles. The molecule has 0 fully saturated rings. The first-order chi connectivity index (χ1) is 12.4. The molecule has 28 heavy (non-hydrogen) atoms. The number of hydrogen-bond acceptors (Lipinski definition) is 8. The molecule has 0 aliphatic rings. The summed E-state index contributed by atoms with van der Waals surface area (Å²) in [6.07, 6.45) is 1.34. The summed E-state index contributed by atoms with van der Waals surface area (Å²) in [6.45, 7) is 1.83. The molecular weight excluding hydrogens is 388 g/mol. The van der Waals surface area contributed by atoms with Crippen LogP contribution in [0.1, 0.15) is 50.3 Å². The number of benzene rings is 1. The van der Waals surface area contributed by atoms with Gasteiger partial charge in [-0.1, -0.05) is 13.3 Å². The van der Waals surface area contributed by atoms with E-state index in [1.54, 1.807) is 0 Å². The quantitative estimate of drug-likeness (QED) is 0.235. The molecule has 10 heteroatoms. The van der Waals surface area contributed by atoms with E-state index >= 15 is 0 Å². The summed E-state index contributed by atoms with van der Waals surface area (Å²) in [4.78, 5) is 50.0. The number of pyridine rings is 1. The Morgan fingerprint density at radius 1 is 1.11 bits per heavy atom. The van der Waals surface area contributed by atoms with Crippen LogP contribution in [0.25, 0.3) is 21.9 Å². The van der Waals surface area contributed by atoms with Crippen molar-refractivity contribution < 1.29 is 88.1 Å². The zero-order valence-corrected chi connectivity index (χ0v) is 19.5. The standard InChI is InChI=1S/C18H13NO7.2Na/c1-2-3-9-15-10(8(7-20)4-12(19-15)17(22)23)5-11-13(21)6-14(18(24)25)26-16(9)11;;/h4-7H,2-3H2,1H3,(H,22,23)(H,24,25);;/q;2*+1/p-2. The Hall–Kier alpha value is -1.55. The minimum atomic E-state index is -1.66. The minimum Gasteiger partial charge on any atom is -0.543 e. The van der Waals surface area contributed by atoms with E-state index < -0.39 is 28.8 Å². The van der Waals surface area contributed by atoms with E-state index in [2.05, 4.69) is 4.98 Å². The molecule has 0 N–H and O–H groups in total. The van der Waals surface area contributed by atoms with E-state index in [-0.39, 0.29) is 86.6 Å². The largest absolute Gasteiger partial charge is 1.00 e. The third-order valence-electron chi connectivity index (χ3n) is 3.96. The first-order valence-corrected chi connectivity index (χ1v) is 7.69. The third kappa shape index (κ3) is 4.37. The molecule has 0 saturated carbocycles. The van der Waals surface area contributed by atoms with E-state index in [0.29, 0.717) is 24.7 Å². The van der Waals surface area contributed by atoms with Crippen LogP contribution in [-0.4, -0.2) is 23.2 Å². The van der Waals surface area contributed by atoms with Gasteiger partial charge >= 0.3 is 59.1 Å². The van der Waals surface area contributed by atoms with Gasteiger partial charge in [0.25, 0.3) is 0 Å². The molecular formula is C18H11NNa2O7. The van der Waals surface area contributed by atoms with Gasteiger partial charge in [0.05, 0.1) is 22.6 Å². The number of rotatable bonds is 5. The first-order valence-electron chi connectivity index (χ1n) is 7.69. The van der Waals surface area contributed by atoms with Crippen LogP contribution in [0.5, 0.6) is 0 Å². The van der Waals surface area contributed by atoms with Crippen LogP contribution >= 0.6 is 0 Å². The van der Waals surface area contributed by atoms with Gasteiger partial charge in [0.1, 0.15) is 11.6 Å². The monoisotopic (exact) mass is 399 g/mol. The van der Waals surface area contributed by atoms with Crippen molar-refractivity contribution in [3.8, 4) is 0 Å². The minimum absolute atomic E-state index is 0. The summed E-state index contributed by atoms with van der Waals surface area (Å²) >= 11 is 0. The summed E-state index contributed by atoms with van der Waals surface area (Å²) in [6, 6.07) is 3.19. The maximum absolute atomic E-state index is 12.3. The van der Waals surface area contributed by atoms with Crippen molar-refractivity contribution in [2.45, 2.75) is 19.8 Å². The molecule has 0 spiro atoms. The first kappa shape index (κ1) is 24.5. The smallest absolute Gasteiger partial charge is 0.543 e. The van der Waals surface area contributed by atoms with Gasteiger partial charge in [-0.2, -0.15) is 0 Å². The number of aromatic carboxylic acids is 2. The molecule has 0 radical (unpaired) electrons. The molecule has 132 valence electrons. The zero-order chi connectivity index (χ0) is 19.0. The fourth-order valence-electron chi connectivity index (χ4n) is 2.86. The van der Waals surface area contributed by atoms with Gasteiger partial charge in [0.15, 0.2) is 17.5 Å². The molecule has 2 heterocycles. The van der Waals surface area contributed by atoms with E-state index in [1.165, 1.54) is 6.07 Å². The summed E-state index contributed by atoms with van der Waals surface area (Å²) in [5.41, 5.74) is -0.587. The van der Waals surface area contributed by atoms with Crippen LogP contribution in [0, 0.1) is 0 Å². The summed E-state index contributed by atoms with van der Waals surface area (Å²) in [7, 11) is 0. The maximum Gasteiger partial charge on any atom is 1.00 e. The van der Waals surface area contributed by atoms with Crippen molar-refractivity contribution in [3.63, 3.8) is 0 Å². The Morgan fingerprint density at radius 2 is 1.79 bits per heavy atom. The second-order valence-electron chi connectivity index (χ2n) is 5.64. The zero-order valence-electron chi connectivity index (χ0n) is 15.5. The number of fused-ring (bicyclic) bond motifs is 2. The predicted molar refractivity (Wildman–Crippen MR) is 85.8 cm³/mol. The van der Waals surface area contributed by atoms with Gasteiger partial charge in [-0.15, -0.1) is 0 Å². The van der Waals surface area contributed by atoms with E-state index in [0.717, 1.165) is 12.1 Å². The molecule has 0 amide bonds. The van der Waals surface area contributed by atoms with Crippen LogP contribution in [-0.2, 0) is 6.42 Å². The molecule has 3 rings (SSSR count). The Balaban J connectivity index is 0.00000196. The SMILES string of the molecule is CCCc1c2nc(C(=O)[O-])cc(C=O)c2cc2c(=O)cc(C(=O)[O-])oc12.[Na+].[Na+]. The number of aromatic nitrogens is 1. The van der Waals surface area contributed by atoms with Crippen molar-refractivity contribution in [2.75, 3.05) is 0 Å². The number of hydrogen-bond donors (Lipinski definition) is 0. The fraction of sp³-hybridized carbons (Fsp3) is 0.167. The Labute approximate surface area is 202 Å². The van der Waals surface area contributed by atoms with Gasteiger partial charge in [0.2, 0.25) is 0 Å². The average Bonchev–Trinajstić information content (AvgIpc) is 2.61. The molecule has 0 atom stereocenters. The molecule has 0 aliphatic carbocycles. The number of carboxylic acid groups (broad SMARTS) is 2. The van der Waals surface area contributed by atoms with E-state index in [4.69, 9.17) is 4.42 Å². The van der Waals surface area contributed by atoms with Gasteiger partial charge in [-0.05, 0) is 18.6 Å². The fourth-order valence-corrected chi connectivity index (χ4v) is 2.86. The van der Waals surface area contributed by atoms with E-state index in [1.807, 2.05) is 6.92 Å². The summed E-state index contributed by atoms with van der Waals surface area (Å²) < 4.78 is 5.32. The van der Waals surface area contributed by atoms with Gasteiger partial charge < -0.3 is 24.2 Å². The van der Waals surface area contributed by atoms with Crippen molar-refractivity contribution in [2.24, 2.45) is 0 Å². The second-order valence-corrected chi connectivity index (χ2v) is 5.64. The molecule has 1 aromatic carbocycles. The Kier molecular flexibility index (Phi) is 8.55. The molecule has 0 unspecified atom stereocenters. The van der Waals surface area contributed by atoms with Crippen LogP contribution in [0.2, 0.25) is 0 Å². The maximum atomic E-state index is 12.3. The van der Waals surface area contributed by atoms with Crippen molar-refractivity contribution in [1.29, 1.82) is 0 Å². The second kappa shape index (κ2) is 9.78. The normalized spacial score (nSPS) is 10.2. The van der Waals surface area contributed by atoms with Crippen LogP contribution < -0.4 is 74.8 Å². The van der Waals surface area contributed by atoms with Crippen LogP contribution in [0.4, 0.5) is 0 Å². The number of nitrogens with zero attached hydrogens (tertiary/aromatic N) is 1. The van der Waals surface area contributed by atoms with Crippen LogP contribution in [0.3, 0.4) is 0 Å². The number of carbonyl (C=O) groups is 3. The van der Waals surface area contributed by atoms with Gasteiger partial charge in [0, 0.05) is 22.6 Å². The summed E-state index contributed by atoms with van der Waals surface area (Å²) in [5.74, 6) is -3.87. The van der Waals surface area contributed by atoms with E-state index in [9.17, 15) is 29.4 Å². The van der Waals surface area contributed by atoms with Gasteiger partial charge in [-0.3, -0.25) is 9.59 Å². The average molecular weight is 399 g/mol. The van der Waals surface area contributed by atoms with Crippen molar-refractivity contribution >= 4 is 40.1 Å². The van der Waals surface area contributed by atoms with Crippen molar-refractivity contribution in [1.82, 2.24) is 4.98 Å². The topological polar surface area (TPSA) is 140 Å². The Bertz CT molecular complexity index is 1150. The van der Waals surface area contributed by atoms with Crippen LogP contribution in [0.15, 0.2) is 27.4 Å². The number of carboxylic acids is 2. The number of aldehydes is 1. The van der Waals surface area contributed by atoms with Crippen molar-refractivity contribution in [3.05, 3.63) is 51.0 Å². The molecule has 3 aromatic rings. The predicted octanol–water partition coefficient (Wildman–Crippen LogP) is -6.16. The number of aryl methyl sites for hydroxylation is 1. The molecule has 0 bridgehead atoms.